The molecule has 1 aliphatic rings. The topological polar surface area (TPSA) is 63.6 Å². The Morgan fingerprint density at radius 1 is 1.45 bits per heavy atom. The standard InChI is InChI=1S/C13H23N3O3S/c1-14-9-12-8-13(10-15(12)2)20(17,18)16(3)11-4-6-19-7-5-11/h8,10-11,14H,4-7,9H2,1-3H3. The molecule has 0 aromatic carbocycles. The highest BCUT2D eigenvalue weighted by Gasteiger charge is 2.30. The molecule has 6 nitrogen and oxygen atoms in total. The zero-order valence-corrected chi connectivity index (χ0v) is 13.1. The van der Waals surface area contributed by atoms with E-state index in [0.29, 0.717) is 24.7 Å². The van der Waals surface area contributed by atoms with Crippen molar-refractivity contribution >= 4 is 10.0 Å². The number of hydrogen-bond donors (Lipinski definition) is 1. The van der Waals surface area contributed by atoms with E-state index in [4.69, 9.17) is 4.74 Å². The molecule has 1 aromatic heterocycles. The SMILES string of the molecule is CNCc1cc(S(=O)(=O)N(C)C2CCOCC2)cn1C. The summed E-state index contributed by atoms with van der Waals surface area (Å²) in [4.78, 5) is 0.360. The van der Waals surface area contributed by atoms with Gasteiger partial charge in [-0.05, 0) is 26.0 Å². The van der Waals surface area contributed by atoms with E-state index in [2.05, 4.69) is 5.32 Å². The summed E-state index contributed by atoms with van der Waals surface area (Å²) in [5, 5.41) is 3.04. The summed E-state index contributed by atoms with van der Waals surface area (Å²) in [5.74, 6) is 0. The third kappa shape index (κ3) is 3.06. The minimum absolute atomic E-state index is 0.0294. The van der Waals surface area contributed by atoms with Crippen LogP contribution in [-0.2, 0) is 28.4 Å². The van der Waals surface area contributed by atoms with Crippen molar-refractivity contribution in [3.63, 3.8) is 0 Å². The van der Waals surface area contributed by atoms with E-state index in [0.717, 1.165) is 18.5 Å². The van der Waals surface area contributed by atoms with Crippen molar-refractivity contribution < 1.29 is 13.2 Å². The minimum Gasteiger partial charge on any atom is -0.381 e. The van der Waals surface area contributed by atoms with Gasteiger partial charge in [-0.2, -0.15) is 4.31 Å². The van der Waals surface area contributed by atoms with E-state index < -0.39 is 10.0 Å². The van der Waals surface area contributed by atoms with Crippen LogP contribution in [0.25, 0.3) is 0 Å². The van der Waals surface area contributed by atoms with Gasteiger partial charge in [-0.3, -0.25) is 0 Å². The molecule has 0 amide bonds. The summed E-state index contributed by atoms with van der Waals surface area (Å²) in [5.41, 5.74) is 0.950. The number of nitrogens with zero attached hydrogens (tertiary/aromatic N) is 2. The van der Waals surface area contributed by atoms with Crippen molar-refractivity contribution in [1.29, 1.82) is 0 Å². The van der Waals surface area contributed by atoms with Crippen molar-refractivity contribution in [2.24, 2.45) is 7.05 Å². The van der Waals surface area contributed by atoms with Gasteiger partial charge in [-0.1, -0.05) is 0 Å². The van der Waals surface area contributed by atoms with Crippen molar-refractivity contribution in [1.82, 2.24) is 14.2 Å². The van der Waals surface area contributed by atoms with Gasteiger partial charge in [0.1, 0.15) is 4.90 Å². The van der Waals surface area contributed by atoms with Crippen LogP contribution in [0.4, 0.5) is 0 Å². The van der Waals surface area contributed by atoms with Gasteiger partial charge in [0.2, 0.25) is 10.0 Å². The Kier molecular flexibility index (Phi) is 4.85. The smallest absolute Gasteiger partial charge is 0.244 e. The summed E-state index contributed by atoms with van der Waals surface area (Å²) in [7, 11) is 1.94. The van der Waals surface area contributed by atoms with E-state index in [1.54, 1.807) is 19.3 Å². The highest BCUT2D eigenvalue weighted by molar-refractivity contribution is 7.89. The van der Waals surface area contributed by atoms with Gasteiger partial charge in [0.25, 0.3) is 0 Å². The lowest BCUT2D eigenvalue weighted by Crippen LogP contribution is -2.40. The van der Waals surface area contributed by atoms with Crippen molar-refractivity contribution in [3.8, 4) is 0 Å². The molecule has 20 heavy (non-hydrogen) atoms. The second-order valence-corrected chi connectivity index (χ2v) is 7.17. The first kappa shape index (κ1) is 15.5. The predicted octanol–water partition coefficient (Wildman–Crippen LogP) is 0.544. The first-order valence-corrected chi connectivity index (χ1v) is 8.26. The molecule has 0 radical (unpaired) electrons. The van der Waals surface area contributed by atoms with Crippen LogP contribution < -0.4 is 5.32 Å². The molecule has 2 rings (SSSR count). The van der Waals surface area contributed by atoms with Gasteiger partial charge >= 0.3 is 0 Å². The largest absolute Gasteiger partial charge is 0.381 e. The van der Waals surface area contributed by atoms with E-state index in [1.165, 1.54) is 4.31 Å². The van der Waals surface area contributed by atoms with Gasteiger partial charge in [0, 0.05) is 51.8 Å². The zero-order valence-electron chi connectivity index (χ0n) is 12.3. The lowest BCUT2D eigenvalue weighted by molar-refractivity contribution is 0.0632. The third-order valence-corrected chi connectivity index (χ3v) is 5.70. The second-order valence-electron chi connectivity index (χ2n) is 5.17. The molecule has 114 valence electrons. The minimum atomic E-state index is -3.43. The molecule has 0 atom stereocenters. The summed E-state index contributed by atoms with van der Waals surface area (Å²) in [6.07, 6.45) is 3.19. The highest BCUT2D eigenvalue weighted by Crippen LogP contribution is 2.23. The normalized spacial score (nSPS) is 17.8. The monoisotopic (exact) mass is 301 g/mol. The Hall–Kier alpha value is -0.890. The number of aryl methyl sites for hydroxylation is 1. The maximum absolute atomic E-state index is 12.7. The van der Waals surface area contributed by atoms with Gasteiger partial charge in [-0.15, -0.1) is 0 Å². The first-order chi connectivity index (χ1) is 9.46. The van der Waals surface area contributed by atoms with Crippen molar-refractivity contribution in [2.75, 3.05) is 27.3 Å². The fourth-order valence-corrected chi connectivity index (χ4v) is 4.00. The van der Waals surface area contributed by atoms with Gasteiger partial charge in [0.05, 0.1) is 0 Å². The Morgan fingerprint density at radius 2 is 2.10 bits per heavy atom. The average Bonchev–Trinajstić information content (AvgIpc) is 2.81. The molecule has 1 fully saturated rings. The number of hydrogen-bond acceptors (Lipinski definition) is 4. The fraction of sp³-hybridized carbons (Fsp3) is 0.692. The van der Waals surface area contributed by atoms with Crippen LogP contribution in [0, 0.1) is 0 Å². The molecule has 1 aromatic rings. The lowest BCUT2D eigenvalue weighted by atomic mass is 10.1. The van der Waals surface area contributed by atoms with E-state index in [-0.39, 0.29) is 6.04 Å². The number of ether oxygens (including phenoxy) is 1. The molecule has 1 N–H and O–H groups in total. The maximum Gasteiger partial charge on any atom is 0.244 e. The summed E-state index contributed by atoms with van der Waals surface area (Å²) >= 11 is 0. The average molecular weight is 301 g/mol. The van der Waals surface area contributed by atoms with Crippen molar-refractivity contribution in [3.05, 3.63) is 18.0 Å². The predicted molar refractivity (Wildman–Crippen MR) is 77.0 cm³/mol. The first-order valence-electron chi connectivity index (χ1n) is 6.82. The third-order valence-electron chi connectivity index (χ3n) is 3.82. The zero-order chi connectivity index (χ0) is 14.8. The maximum atomic E-state index is 12.7. The van der Waals surface area contributed by atoms with Gasteiger partial charge in [0.15, 0.2) is 0 Å². The van der Waals surface area contributed by atoms with Crippen LogP contribution in [0.5, 0.6) is 0 Å². The van der Waals surface area contributed by atoms with Crippen LogP contribution >= 0.6 is 0 Å². The lowest BCUT2D eigenvalue weighted by Gasteiger charge is -2.30. The van der Waals surface area contributed by atoms with E-state index >= 15 is 0 Å². The van der Waals surface area contributed by atoms with Crippen LogP contribution in [0.2, 0.25) is 0 Å². The molecular formula is C13H23N3O3S. The summed E-state index contributed by atoms with van der Waals surface area (Å²) in [6, 6.07) is 1.77. The number of nitrogens with one attached hydrogen (secondary N) is 1. The quantitative estimate of drug-likeness (QED) is 0.862. The van der Waals surface area contributed by atoms with Gasteiger partial charge < -0.3 is 14.6 Å². The van der Waals surface area contributed by atoms with Crippen molar-refractivity contribution in [2.45, 2.75) is 30.3 Å². The number of sulfonamides is 1. The molecule has 0 spiro atoms. The molecule has 7 heteroatoms. The molecular weight excluding hydrogens is 278 g/mol. The summed E-state index contributed by atoms with van der Waals surface area (Å²) in [6.45, 7) is 1.90. The molecule has 0 bridgehead atoms. The Labute approximate surface area is 120 Å². The Bertz CT molecular complexity index is 547. The molecule has 1 aliphatic heterocycles. The number of rotatable bonds is 5. The van der Waals surface area contributed by atoms with E-state index in [9.17, 15) is 8.42 Å². The fourth-order valence-electron chi connectivity index (χ4n) is 2.49. The van der Waals surface area contributed by atoms with Crippen LogP contribution in [0.3, 0.4) is 0 Å². The molecule has 0 aliphatic carbocycles. The van der Waals surface area contributed by atoms with Crippen LogP contribution in [0.1, 0.15) is 18.5 Å². The Balaban J connectivity index is 2.22. The van der Waals surface area contributed by atoms with Crippen LogP contribution in [0.15, 0.2) is 17.2 Å². The molecule has 2 heterocycles. The van der Waals surface area contributed by atoms with Crippen LogP contribution in [-0.4, -0.2) is 50.6 Å². The Morgan fingerprint density at radius 3 is 2.70 bits per heavy atom. The highest BCUT2D eigenvalue weighted by atomic mass is 32.2. The second kappa shape index (κ2) is 6.26. The molecule has 0 saturated carbocycles. The summed E-state index contributed by atoms with van der Waals surface area (Å²) < 4.78 is 33.9. The molecule has 1 saturated heterocycles. The number of aromatic nitrogens is 1. The molecule has 0 unspecified atom stereocenters. The van der Waals surface area contributed by atoms with E-state index in [1.807, 2.05) is 18.7 Å². The van der Waals surface area contributed by atoms with Gasteiger partial charge in [-0.25, -0.2) is 8.42 Å².